The fourth-order valence-electron chi connectivity index (χ4n) is 3.39. The SMILES string of the molecule is CC1(C)CC(c2ccc(Cl)cc2)CC1(O)Cn1cncn1. The third-order valence-corrected chi connectivity index (χ3v) is 5.08. The van der Waals surface area contributed by atoms with Gasteiger partial charge in [-0.25, -0.2) is 4.98 Å². The molecule has 112 valence electrons. The molecule has 2 unspecified atom stereocenters. The smallest absolute Gasteiger partial charge is 0.137 e. The Hall–Kier alpha value is -1.39. The third-order valence-electron chi connectivity index (χ3n) is 4.83. The van der Waals surface area contributed by atoms with Crippen molar-refractivity contribution < 1.29 is 5.11 Å². The Morgan fingerprint density at radius 3 is 2.62 bits per heavy atom. The first kappa shape index (κ1) is 14.5. The van der Waals surface area contributed by atoms with Crippen LogP contribution in [-0.4, -0.2) is 25.5 Å². The van der Waals surface area contributed by atoms with Crippen molar-refractivity contribution in [1.29, 1.82) is 0 Å². The molecule has 0 radical (unpaired) electrons. The van der Waals surface area contributed by atoms with Crippen molar-refractivity contribution >= 4 is 11.6 Å². The molecule has 0 spiro atoms. The van der Waals surface area contributed by atoms with Gasteiger partial charge in [0.15, 0.2) is 0 Å². The average Bonchev–Trinajstić information content (AvgIpc) is 2.98. The van der Waals surface area contributed by atoms with Crippen molar-refractivity contribution in [2.24, 2.45) is 5.41 Å². The van der Waals surface area contributed by atoms with Crippen LogP contribution in [0, 0.1) is 5.41 Å². The van der Waals surface area contributed by atoms with Gasteiger partial charge in [-0.2, -0.15) is 5.10 Å². The summed E-state index contributed by atoms with van der Waals surface area (Å²) in [6.45, 7) is 4.73. The number of rotatable bonds is 3. The Bertz CT molecular complexity index is 609. The van der Waals surface area contributed by atoms with E-state index in [2.05, 4.69) is 36.1 Å². The highest BCUT2D eigenvalue weighted by Gasteiger charge is 2.52. The van der Waals surface area contributed by atoms with Gasteiger partial charge in [0.1, 0.15) is 12.7 Å². The highest BCUT2D eigenvalue weighted by molar-refractivity contribution is 6.30. The minimum Gasteiger partial charge on any atom is -0.387 e. The Kier molecular flexibility index (Phi) is 3.54. The van der Waals surface area contributed by atoms with Crippen LogP contribution < -0.4 is 0 Å². The molecule has 1 aliphatic carbocycles. The average molecular weight is 306 g/mol. The lowest BCUT2D eigenvalue weighted by Crippen LogP contribution is -2.43. The summed E-state index contributed by atoms with van der Waals surface area (Å²) in [5.74, 6) is 0.339. The van der Waals surface area contributed by atoms with E-state index in [1.54, 1.807) is 11.0 Å². The quantitative estimate of drug-likeness (QED) is 0.947. The first-order valence-corrected chi connectivity index (χ1v) is 7.58. The van der Waals surface area contributed by atoms with Gasteiger partial charge in [0.25, 0.3) is 0 Å². The predicted molar refractivity (Wildman–Crippen MR) is 82.2 cm³/mol. The van der Waals surface area contributed by atoms with Crippen LogP contribution in [0.3, 0.4) is 0 Å². The van der Waals surface area contributed by atoms with Gasteiger partial charge in [-0.1, -0.05) is 37.6 Å². The molecule has 1 heterocycles. The molecular weight excluding hydrogens is 286 g/mol. The fourth-order valence-corrected chi connectivity index (χ4v) is 3.52. The lowest BCUT2D eigenvalue weighted by Gasteiger charge is -2.36. The second kappa shape index (κ2) is 5.11. The normalized spacial score (nSPS) is 27.9. The summed E-state index contributed by atoms with van der Waals surface area (Å²) in [5, 5.41) is 16.0. The van der Waals surface area contributed by atoms with Crippen LogP contribution in [0.15, 0.2) is 36.9 Å². The van der Waals surface area contributed by atoms with Gasteiger partial charge < -0.3 is 5.11 Å². The van der Waals surface area contributed by atoms with Crippen LogP contribution in [0.4, 0.5) is 0 Å². The van der Waals surface area contributed by atoms with Crippen LogP contribution in [0.2, 0.25) is 5.02 Å². The Morgan fingerprint density at radius 1 is 1.29 bits per heavy atom. The summed E-state index contributed by atoms with van der Waals surface area (Å²) in [7, 11) is 0. The maximum absolute atomic E-state index is 11.2. The number of nitrogens with zero attached hydrogens (tertiary/aromatic N) is 3. The topological polar surface area (TPSA) is 50.9 Å². The second-order valence-corrected chi connectivity index (χ2v) is 7.10. The summed E-state index contributed by atoms with van der Waals surface area (Å²) in [6, 6.07) is 7.95. The van der Waals surface area contributed by atoms with E-state index in [-0.39, 0.29) is 5.41 Å². The summed E-state index contributed by atoms with van der Waals surface area (Å²) in [5.41, 5.74) is 0.274. The molecule has 0 bridgehead atoms. The molecule has 1 fully saturated rings. The van der Waals surface area contributed by atoms with Crippen LogP contribution in [-0.2, 0) is 6.54 Å². The van der Waals surface area contributed by atoms with E-state index in [9.17, 15) is 5.11 Å². The van der Waals surface area contributed by atoms with Crippen molar-refractivity contribution in [3.63, 3.8) is 0 Å². The number of aromatic nitrogens is 3. The first-order chi connectivity index (χ1) is 9.90. The molecule has 4 nitrogen and oxygen atoms in total. The van der Waals surface area contributed by atoms with Crippen molar-refractivity contribution in [2.45, 2.75) is 44.8 Å². The molecule has 0 aliphatic heterocycles. The molecule has 1 aromatic heterocycles. The Labute approximate surface area is 129 Å². The molecule has 21 heavy (non-hydrogen) atoms. The van der Waals surface area contributed by atoms with Gasteiger partial charge in [0.2, 0.25) is 0 Å². The molecule has 0 amide bonds. The van der Waals surface area contributed by atoms with E-state index in [1.165, 1.54) is 11.9 Å². The number of benzene rings is 1. The molecule has 2 atom stereocenters. The molecule has 1 aromatic carbocycles. The van der Waals surface area contributed by atoms with Crippen molar-refractivity contribution in [2.75, 3.05) is 0 Å². The number of halogens is 1. The van der Waals surface area contributed by atoms with Gasteiger partial charge in [0, 0.05) is 5.02 Å². The maximum atomic E-state index is 11.2. The zero-order chi connectivity index (χ0) is 15.1. The van der Waals surface area contributed by atoms with E-state index in [0.29, 0.717) is 12.5 Å². The standard InChI is InChI=1S/C16H20ClN3O/c1-15(2)7-13(12-3-5-14(17)6-4-12)8-16(15,21)9-20-11-18-10-19-20/h3-6,10-11,13,21H,7-9H2,1-2H3. The van der Waals surface area contributed by atoms with Crippen LogP contribution >= 0.6 is 11.6 Å². The van der Waals surface area contributed by atoms with Crippen LogP contribution in [0.1, 0.15) is 38.2 Å². The zero-order valence-corrected chi connectivity index (χ0v) is 13.1. The highest BCUT2D eigenvalue weighted by Crippen LogP contribution is 2.53. The molecule has 3 rings (SSSR count). The maximum Gasteiger partial charge on any atom is 0.137 e. The van der Waals surface area contributed by atoms with E-state index in [0.717, 1.165) is 17.9 Å². The lowest BCUT2D eigenvalue weighted by molar-refractivity contribution is -0.0589. The first-order valence-electron chi connectivity index (χ1n) is 7.20. The molecule has 1 saturated carbocycles. The second-order valence-electron chi connectivity index (χ2n) is 6.67. The van der Waals surface area contributed by atoms with Crippen LogP contribution in [0.25, 0.3) is 0 Å². The van der Waals surface area contributed by atoms with Crippen molar-refractivity contribution in [1.82, 2.24) is 14.8 Å². The van der Waals surface area contributed by atoms with E-state index in [1.807, 2.05) is 12.1 Å². The molecule has 2 aromatic rings. The molecule has 1 aliphatic rings. The zero-order valence-electron chi connectivity index (χ0n) is 12.3. The van der Waals surface area contributed by atoms with E-state index in [4.69, 9.17) is 11.6 Å². The van der Waals surface area contributed by atoms with Gasteiger partial charge in [-0.05, 0) is 41.9 Å². The van der Waals surface area contributed by atoms with Crippen molar-refractivity contribution in [3.8, 4) is 0 Å². The van der Waals surface area contributed by atoms with Gasteiger partial charge in [-0.3, -0.25) is 4.68 Å². The highest BCUT2D eigenvalue weighted by atomic mass is 35.5. The van der Waals surface area contributed by atoms with Gasteiger partial charge >= 0.3 is 0 Å². The monoisotopic (exact) mass is 305 g/mol. The van der Waals surface area contributed by atoms with E-state index < -0.39 is 5.60 Å². The van der Waals surface area contributed by atoms with E-state index >= 15 is 0 Å². The molecule has 1 N–H and O–H groups in total. The lowest BCUT2D eigenvalue weighted by atomic mass is 9.78. The summed E-state index contributed by atoms with van der Waals surface area (Å²) >= 11 is 5.96. The van der Waals surface area contributed by atoms with Crippen LogP contribution in [0.5, 0.6) is 0 Å². The fraction of sp³-hybridized carbons (Fsp3) is 0.500. The summed E-state index contributed by atoms with van der Waals surface area (Å²) in [6.07, 6.45) is 4.83. The number of aliphatic hydroxyl groups is 1. The minimum atomic E-state index is -0.787. The Balaban J connectivity index is 1.84. The third kappa shape index (κ3) is 2.70. The Morgan fingerprint density at radius 2 is 2.00 bits per heavy atom. The predicted octanol–water partition coefficient (Wildman–Crippen LogP) is 3.27. The minimum absolute atomic E-state index is 0.177. The molecular formula is C16H20ClN3O. The van der Waals surface area contributed by atoms with Crippen molar-refractivity contribution in [3.05, 3.63) is 47.5 Å². The summed E-state index contributed by atoms with van der Waals surface area (Å²) < 4.78 is 1.71. The molecule has 5 heteroatoms. The number of hydrogen-bond acceptors (Lipinski definition) is 3. The summed E-state index contributed by atoms with van der Waals surface area (Å²) in [4.78, 5) is 3.96. The molecule has 0 saturated heterocycles. The van der Waals surface area contributed by atoms with Gasteiger partial charge in [0.05, 0.1) is 12.1 Å². The largest absolute Gasteiger partial charge is 0.387 e. The number of hydrogen-bond donors (Lipinski definition) is 1. The van der Waals surface area contributed by atoms with Gasteiger partial charge in [-0.15, -0.1) is 0 Å².